The van der Waals surface area contributed by atoms with Crippen LogP contribution in [-0.2, 0) is 4.74 Å². The molecule has 0 bridgehead atoms. The minimum Gasteiger partial charge on any atom is -0.378 e. The van der Waals surface area contributed by atoms with E-state index in [0.29, 0.717) is 6.10 Å². The fourth-order valence-electron chi connectivity index (χ4n) is 1.32. The van der Waals surface area contributed by atoms with Crippen molar-refractivity contribution >= 4 is 0 Å². The van der Waals surface area contributed by atoms with Crippen molar-refractivity contribution in [3.8, 4) is 0 Å². The van der Waals surface area contributed by atoms with E-state index < -0.39 is 0 Å². The Balaban J connectivity index is 3.46. The second-order valence-corrected chi connectivity index (χ2v) is 3.97. The number of hydrogen-bond donors (Lipinski definition) is 0. The monoisotopic (exact) mass is 186 g/mol. The van der Waals surface area contributed by atoms with E-state index in [1.165, 1.54) is 25.7 Å². The SMILES string of the molecule is CCCCC(CC)COC(C)CC. The number of hydrogen-bond acceptors (Lipinski definition) is 1. The molecular formula is C12H26O. The van der Waals surface area contributed by atoms with Crippen LogP contribution in [0, 0.1) is 5.92 Å². The average Bonchev–Trinajstić information content (AvgIpc) is 2.17. The number of ether oxygens (including phenoxy) is 1. The van der Waals surface area contributed by atoms with Crippen LogP contribution in [0.1, 0.15) is 59.8 Å². The fourth-order valence-corrected chi connectivity index (χ4v) is 1.32. The van der Waals surface area contributed by atoms with Gasteiger partial charge in [0.1, 0.15) is 0 Å². The highest BCUT2D eigenvalue weighted by Gasteiger charge is 2.07. The van der Waals surface area contributed by atoms with E-state index in [1.54, 1.807) is 0 Å². The van der Waals surface area contributed by atoms with Crippen LogP contribution in [0.2, 0.25) is 0 Å². The van der Waals surface area contributed by atoms with Crippen molar-refractivity contribution in [2.45, 2.75) is 65.9 Å². The van der Waals surface area contributed by atoms with Gasteiger partial charge in [0.25, 0.3) is 0 Å². The Labute approximate surface area is 83.9 Å². The number of unbranched alkanes of at least 4 members (excludes halogenated alkanes) is 1. The van der Waals surface area contributed by atoms with Gasteiger partial charge in [0.15, 0.2) is 0 Å². The molecule has 0 saturated carbocycles. The largest absolute Gasteiger partial charge is 0.378 e. The van der Waals surface area contributed by atoms with Crippen LogP contribution < -0.4 is 0 Å². The van der Waals surface area contributed by atoms with Crippen LogP contribution in [-0.4, -0.2) is 12.7 Å². The minimum absolute atomic E-state index is 0.440. The van der Waals surface area contributed by atoms with Gasteiger partial charge in [-0.05, 0) is 25.7 Å². The lowest BCUT2D eigenvalue weighted by Crippen LogP contribution is -2.14. The maximum Gasteiger partial charge on any atom is 0.0544 e. The van der Waals surface area contributed by atoms with Crippen LogP contribution >= 0.6 is 0 Å². The molecule has 2 atom stereocenters. The first-order valence-electron chi connectivity index (χ1n) is 5.86. The Morgan fingerprint density at radius 3 is 2.23 bits per heavy atom. The van der Waals surface area contributed by atoms with Crippen molar-refractivity contribution in [2.75, 3.05) is 6.61 Å². The second-order valence-electron chi connectivity index (χ2n) is 3.97. The molecule has 0 aliphatic carbocycles. The molecule has 0 fully saturated rings. The molecule has 13 heavy (non-hydrogen) atoms. The zero-order chi connectivity index (χ0) is 10.1. The maximum absolute atomic E-state index is 5.74. The summed E-state index contributed by atoms with van der Waals surface area (Å²) < 4.78 is 5.74. The molecule has 0 aromatic heterocycles. The maximum atomic E-state index is 5.74. The molecule has 1 heteroatoms. The summed E-state index contributed by atoms with van der Waals surface area (Å²) in [5.74, 6) is 0.786. The molecule has 0 aromatic carbocycles. The normalized spacial score (nSPS) is 15.7. The molecule has 0 amide bonds. The van der Waals surface area contributed by atoms with Crippen LogP contribution in [0.5, 0.6) is 0 Å². The summed E-state index contributed by atoms with van der Waals surface area (Å²) in [6.07, 6.45) is 6.82. The first kappa shape index (κ1) is 13.0. The molecule has 0 heterocycles. The standard InChI is InChI=1S/C12H26O/c1-5-8-9-12(7-3)10-13-11(4)6-2/h11-12H,5-10H2,1-4H3. The Hall–Kier alpha value is -0.0400. The molecule has 0 aliphatic heterocycles. The predicted molar refractivity (Wildman–Crippen MR) is 59.0 cm³/mol. The Morgan fingerprint density at radius 1 is 1.08 bits per heavy atom. The van der Waals surface area contributed by atoms with Crippen LogP contribution in [0.15, 0.2) is 0 Å². The first-order chi connectivity index (χ1) is 6.24. The molecule has 0 spiro atoms. The van der Waals surface area contributed by atoms with E-state index in [9.17, 15) is 0 Å². The lowest BCUT2D eigenvalue weighted by Gasteiger charge is -2.17. The summed E-state index contributed by atoms with van der Waals surface area (Å²) in [5.41, 5.74) is 0. The van der Waals surface area contributed by atoms with Crippen molar-refractivity contribution < 1.29 is 4.74 Å². The Morgan fingerprint density at radius 2 is 1.77 bits per heavy atom. The topological polar surface area (TPSA) is 9.23 Å². The zero-order valence-corrected chi connectivity index (χ0v) is 9.81. The minimum atomic E-state index is 0.440. The highest BCUT2D eigenvalue weighted by atomic mass is 16.5. The molecule has 2 unspecified atom stereocenters. The van der Waals surface area contributed by atoms with Gasteiger partial charge in [0, 0.05) is 6.61 Å². The van der Waals surface area contributed by atoms with Gasteiger partial charge in [0.05, 0.1) is 6.10 Å². The number of rotatable bonds is 8. The molecule has 0 aromatic rings. The van der Waals surface area contributed by atoms with Gasteiger partial charge >= 0.3 is 0 Å². The van der Waals surface area contributed by atoms with E-state index in [4.69, 9.17) is 4.74 Å². The van der Waals surface area contributed by atoms with Gasteiger partial charge in [0.2, 0.25) is 0 Å². The quantitative estimate of drug-likeness (QED) is 0.556. The van der Waals surface area contributed by atoms with Crippen molar-refractivity contribution in [2.24, 2.45) is 5.92 Å². The molecule has 0 rings (SSSR count). The molecule has 0 N–H and O–H groups in total. The van der Waals surface area contributed by atoms with Gasteiger partial charge in [-0.25, -0.2) is 0 Å². The second kappa shape index (κ2) is 8.55. The third kappa shape index (κ3) is 7.06. The van der Waals surface area contributed by atoms with E-state index in [0.717, 1.165) is 18.9 Å². The summed E-state index contributed by atoms with van der Waals surface area (Å²) in [6.45, 7) is 9.82. The summed E-state index contributed by atoms with van der Waals surface area (Å²) in [7, 11) is 0. The molecule has 80 valence electrons. The molecule has 0 aliphatic rings. The van der Waals surface area contributed by atoms with E-state index in [2.05, 4.69) is 27.7 Å². The van der Waals surface area contributed by atoms with Crippen LogP contribution in [0.3, 0.4) is 0 Å². The lowest BCUT2D eigenvalue weighted by atomic mass is 10.0. The summed E-state index contributed by atoms with van der Waals surface area (Å²) in [4.78, 5) is 0. The molecule has 0 radical (unpaired) electrons. The average molecular weight is 186 g/mol. The van der Waals surface area contributed by atoms with Crippen molar-refractivity contribution in [1.82, 2.24) is 0 Å². The summed E-state index contributed by atoms with van der Waals surface area (Å²) in [5, 5.41) is 0. The molecule has 1 nitrogen and oxygen atoms in total. The fraction of sp³-hybridized carbons (Fsp3) is 1.00. The van der Waals surface area contributed by atoms with E-state index in [1.807, 2.05) is 0 Å². The van der Waals surface area contributed by atoms with Crippen molar-refractivity contribution in [1.29, 1.82) is 0 Å². The van der Waals surface area contributed by atoms with E-state index in [-0.39, 0.29) is 0 Å². The Bertz CT molecular complexity index is 101. The van der Waals surface area contributed by atoms with Crippen LogP contribution in [0.25, 0.3) is 0 Å². The highest BCUT2D eigenvalue weighted by molar-refractivity contribution is 4.57. The smallest absolute Gasteiger partial charge is 0.0544 e. The Kier molecular flexibility index (Phi) is 8.53. The van der Waals surface area contributed by atoms with Gasteiger partial charge in [-0.1, -0.05) is 40.0 Å². The van der Waals surface area contributed by atoms with Gasteiger partial charge in [-0.2, -0.15) is 0 Å². The zero-order valence-electron chi connectivity index (χ0n) is 9.81. The molecule has 0 saturated heterocycles. The predicted octanol–water partition coefficient (Wildman–Crippen LogP) is 4.02. The van der Waals surface area contributed by atoms with Crippen molar-refractivity contribution in [3.63, 3.8) is 0 Å². The molecular weight excluding hydrogens is 160 g/mol. The van der Waals surface area contributed by atoms with E-state index >= 15 is 0 Å². The van der Waals surface area contributed by atoms with Gasteiger partial charge in [-0.15, -0.1) is 0 Å². The third-order valence-electron chi connectivity index (χ3n) is 2.73. The lowest BCUT2D eigenvalue weighted by molar-refractivity contribution is 0.0347. The summed E-state index contributed by atoms with van der Waals surface area (Å²) in [6, 6.07) is 0. The third-order valence-corrected chi connectivity index (χ3v) is 2.73. The van der Waals surface area contributed by atoms with Gasteiger partial charge in [-0.3, -0.25) is 0 Å². The van der Waals surface area contributed by atoms with Gasteiger partial charge < -0.3 is 4.74 Å². The first-order valence-corrected chi connectivity index (χ1v) is 5.86. The van der Waals surface area contributed by atoms with Crippen LogP contribution in [0.4, 0.5) is 0 Å². The summed E-state index contributed by atoms with van der Waals surface area (Å²) >= 11 is 0. The van der Waals surface area contributed by atoms with Crippen molar-refractivity contribution in [3.05, 3.63) is 0 Å². The highest BCUT2D eigenvalue weighted by Crippen LogP contribution is 2.14.